The summed E-state index contributed by atoms with van der Waals surface area (Å²) in [6.07, 6.45) is 86.0. The van der Waals surface area contributed by atoms with E-state index in [1.807, 2.05) is 0 Å². The molecule has 0 saturated heterocycles. The molecule has 0 aromatic rings. The third-order valence-corrected chi connectivity index (χ3v) is 12.4. The molecule has 0 bridgehead atoms. The molecule has 1 unspecified atom stereocenters. The normalized spacial score (nSPS) is 13.1. The van der Waals surface area contributed by atoms with E-state index in [2.05, 4.69) is 154 Å². The van der Waals surface area contributed by atoms with Crippen LogP contribution in [0.2, 0.25) is 0 Å². The van der Waals surface area contributed by atoms with Crippen molar-refractivity contribution in [1.29, 1.82) is 0 Å². The predicted molar refractivity (Wildman–Crippen MR) is 320 cm³/mol. The molecule has 0 radical (unpaired) electrons. The van der Waals surface area contributed by atoms with Crippen LogP contribution in [0.3, 0.4) is 0 Å². The van der Waals surface area contributed by atoms with E-state index in [1.54, 1.807) is 0 Å². The van der Waals surface area contributed by atoms with Gasteiger partial charge in [-0.1, -0.05) is 251 Å². The van der Waals surface area contributed by atoms with Crippen LogP contribution in [0.15, 0.2) is 134 Å². The van der Waals surface area contributed by atoms with Gasteiger partial charge < -0.3 is 14.2 Å². The van der Waals surface area contributed by atoms with Crippen LogP contribution >= 0.6 is 0 Å². The molecule has 0 N–H and O–H groups in total. The van der Waals surface area contributed by atoms with Gasteiger partial charge in [0.05, 0.1) is 0 Å². The van der Waals surface area contributed by atoms with Crippen LogP contribution in [-0.2, 0) is 28.6 Å². The lowest BCUT2D eigenvalue weighted by atomic mass is 10.1. The minimum atomic E-state index is -0.801. The molecule has 0 amide bonds. The van der Waals surface area contributed by atoms with Crippen LogP contribution in [-0.4, -0.2) is 37.2 Å². The average molecular weight is 1020 g/mol. The standard InChI is InChI=1S/C68H110O6/c1-4-7-10-13-16-19-22-24-26-27-28-29-30-31-32-33-34-35-36-37-38-39-40-41-43-44-46-49-52-55-58-61-67(70)73-64-65(63-72-66(69)60-57-54-51-48-21-18-15-12-9-6-3)74-68(71)62-59-56-53-50-47-45-42-25-23-20-17-14-11-8-5-2/h7,10,16-17,19-20,24-26,28-29,31-32,34-35,37-38,40-42,44,46,65H,4-6,8-9,11-15,18,21-23,27,30,33,36,39,43,45,47-64H2,1-3H3/b10-7-,19-16-,20-17-,26-24-,29-28-,32-31-,35-34-,38-37-,41-40-,42-25-,46-44-. The summed E-state index contributed by atoms with van der Waals surface area (Å²) in [4.78, 5) is 38.1. The van der Waals surface area contributed by atoms with Crippen molar-refractivity contribution in [2.45, 2.75) is 264 Å². The number of allylic oxidation sites excluding steroid dienone is 22. The predicted octanol–water partition coefficient (Wildman–Crippen LogP) is 20.6. The van der Waals surface area contributed by atoms with Gasteiger partial charge in [0.1, 0.15) is 13.2 Å². The van der Waals surface area contributed by atoms with Crippen molar-refractivity contribution in [2.75, 3.05) is 13.2 Å². The average Bonchev–Trinajstić information content (AvgIpc) is 3.40. The highest BCUT2D eigenvalue weighted by atomic mass is 16.6. The van der Waals surface area contributed by atoms with Gasteiger partial charge in [0.15, 0.2) is 6.10 Å². The second-order valence-electron chi connectivity index (χ2n) is 19.5. The van der Waals surface area contributed by atoms with Crippen molar-refractivity contribution in [1.82, 2.24) is 0 Å². The van der Waals surface area contributed by atoms with Crippen LogP contribution in [0.25, 0.3) is 0 Å². The molecule has 6 heteroatoms. The zero-order valence-corrected chi connectivity index (χ0v) is 47.8. The Balaban J connectivity index is 4.34. The number of carbonyl (C=O) groups excluding carboxylic acids is 3. The Kier molecular flexibility index (Phi) is 57.4. The number of unbranched alkanes of at least 4 members (excludes halogenated alkanes) is 20. The molecular formula is C68H110O6. The molecule has 0 spiro atoms. The molecule has 0 fully saturated rings. The fourth-order valence-corrected chi connectivity index (χ4v) is 7.88. The van der Waals surface area contributed by atoms with Gasteiger partial charge in [0, 0.05) is 19.3 Å². The van der Waals surface area contributed by atoms with Crippen molar-refractivity contribution in [3.8, 4) is 0 Å². The highest BCUT2D eigenvalue weighted by Crippen LogP contribution is 2.14. The summed E-state index contributed by atoms with van der Waals surface area (Å²) in [5, 5.41) is 0. The van der Waals surface area contributed by atoms with Crippen LogP contribution < -0.4 is 0 Å². The lowest BCUT2D eigenvalue weighted by molar-refractivity contribution is -0.167. The maximum absolute atomic E-state index is 12.8. The van der Waals surface area contributed by atoms with Gasteiger partial charge in [-0.3, -0.25) is 14.4 Å². The van der Waals surface area contributed by atoms with Gasteiger partial charge in [-0.2, -0.15) is 0 Å². The molecule has 0 saturated carbocycles. The van der Waals surface area contributed by atoms with E-state index in [0.717, 1.165) is 148 Å². The first-order valence-electron chi connectivity index (χ1n) is 30.2. The Morgan fingerprint density at radius 2 is 0.527 bits per heavy atom. The molecule has 0 aliphatic rings. The van der Waals surface area contributed by atoms with E-state index in [1.165, 1.54) is 70.6 Å². The fourth-order valence-electron chi connectivity index (χ4n) is 7.88. The maximum atomic E-state index is 12.8. The van der Waals surface area contributed by atoms with E-state index in [9.17, 15) is 14.4 Å². The summed E-state index contributed by atoms with van der Waals surface area (Å²) in [5.74, 6) is -0.949. The molecular weight excluding hydrogens is 913 g/mol. The first kappa shape index (κ1) is 69.5. The zero-order valence-electron chi connectivity index (χ0n) is 47.8. The van der Waals surface area contributed by atoms with Crippen molar-refractivity contribution >= 4 is 17.9 Å². The number of esters is 3. The molecule has 0 aromatic heterocycles. The smallest absolute Gasteiger partial charge is 0.306 e. The second-order valence-corrected chi connectivity index (χ2v) is 19.5. The third-order valence-electron chi connectivity index (χ3n) is 12.4. The van der Waals surface area contributed by atoms with E-state index < -0.39 is 6.10 Å². The highest BCUT2D eigenvalue weighted by molar-refractivity contribution is 5.71. The summed E-state index contributed by atoms with van der Waals surface area (Å²) in [6.45, 7) is 6.44. The maximum Gasteiger partial charge on any atom is 0.306 e. The topological polar surface area (TPSA) is 78.9 Å². The number of carbonyl (C=O) groups is 3. The molecule has 74 heavy (non-hydrogen) atoms. The fraction of sp³-hybridized carbons (Fsp3) is 0.632. The molecule has 0 rings (SSSR count). The molecule has 1 atom stereocenters. The Morgan fingerprint density at radius 1 is 0.284 bits per heavy atom. The number of rotatable bonds is 53. The van der Waals surface area contributed by atoms with E-state index in [4.69, 9.17) is 14.2 Å². The molecule has 6 nitrogen and oxygen atoms in total. The van der Waals surface area contributed by atoms with Crippen molar-refractivity contribution < 1.29 is 28.6 Å². The largest absolute Gasteiger partial charge is 0.462 e. The summed E-state index contributed by atoms with van der Waals surface area (Å²) in [6, 6.07) is 0. The van der Waals surface area contributed by atoms with Crippen molar-refractivity contribution in [2.24, 2.45) is 0 Å². The lowest BCUT2D eigenvalue weighted by Gasteiger charge is -2.18. The summed E-state index contributed by atoms with van der Waals surface area (Å²) < 4.78 is 16.8. The summed E-state index contributed by atoms with van der Waals surface area (Å²) in [5.41, 5.74) is 0. The SMILES string of the molecule is CC/C=C\C/C=C\C/C=C\C/C=C\C/C=C\C/C=C\C/C=C\C/C=C\C/C=C\CCCCCC(=O)OCC(COC(=O)CCCCCCCCCCCC)OC(=O)CCCCCCC/C=C\C/C=C\CCCCC. The quantitative estimate of drug-likeness (QED) is 0.0261. The van der Waals surface area contributed by atoms with Gasteiger partial charge in [0.2, 0.25) is 0 Å². The lowest BCUT2D eigenvalue weighted by Crippen LogP contribution is -2.30. The molecule has 418 valence electrons. The monoisotopic (exact) mass is 1020 g/mol. The minimum Gasteiger partial charge on any atom is -0.462 e. The Morgan fingerprint density at radius 3 is 0.865 bits per heavy atom. The molecule has 0 heterocycles. The number of hydrogen-bond donors (Lipinski definition) is 0. The zero-order chi connectivity index (χ0) is 53.6. The third kappa shape index (κ3) is 58.4. The van der Waals surface area contributed by atoms with Crippen LogP contribution in [0.1, 0.15) is 258 Å². The van der Waals surface area contributed by atoms with Crippen molar-refractivity contribution in [3.63, 3.8) is 0 Å². The van der Waals surface area contributed by atoms with E-state index >= 15 is 0 Å². The number of ether oxygens (including phenoxy) is 3. The van der Waals surface area contributed by atoms with Crippen molar-refractivity contribution in [3.05, 3.63) is 134 Å². The summed E-state index contributed by atoms with van der Waals surface area (Å²) in [7, 11) is 0. The van der Waals surface area contributed by atoms with E-state index in [-0.39, 0.29) is 31.1 Å². The van der Waals surface area contributed by atoms with Crippen LogP contribution in [0.4, 0.5) is 0 Å². The van der Waals surface area contributed by atoms with Gasteiger partial charge in [-0.05, 0) is 122 Å². The van der Waals surface area contributed by atoms with E-state index in [0.29, 0.717) is 19.3 Å². The Bertz CT molecular complexity index is 1600. The first-order chi connectivity index (χ1) is 36.5. The Hall–Kier alpha value is -4.45. The van der Waals surface area contributed by atoms with Crippen LogP contribution in [0.5, 0.6) is 0 Å². The molecule has 0 aromatic carbocycles. The molecule has 0 aliphatic heterocycles. The van der Waals surface area contributed by atoms with Gasteiger partial charge in [-0.25, -0.2) is 0 Å². The van der Waals surface area contributed by atoms with Gasteiger partial charge in [0.25, 0.3) is 0 Å². The van der Waals surface area contributed by atoms with Crippen LogP contribution in [0, 0.1) is 0 Å². The second kappa shape index (κ2) is 61.1. The minimum absolute atomic E-state index is 0.0962. The first-order valence-corrected chi connectivity index (χ1v) is 30.2. The summed E-state index contributed by atoms with van der Waals surface area (Å²) >= 11 is 0. The van der Waals surface area contributed by atoms with Gasteiger partial charge >= 0.3 is 17.9 Å². The number of hydrogen-bond acceptors (Lipinski definition) is 6. The van der Waals surface area contributed by atoms with Gasteiger partial charge in [-0.15, -0.1) is 0 Å². The molecule has 0 aliphatic carbocycles. The Labute approximate surface area is 455 Å². The highest BCUT2D eigenvalue weighted by Gasteiger charge is 2.19.